The number of likely N-dealkylation sites (tertiary alicyclic amines) is 1. The maximum atomic E-state index is 13.9. The van der Waals surface area contributed by atoms with Gasteiger partial charge in [0.25, 0.3) is 5.91 Å². The summed E-state index contributed by atoms with van der Waals surface area (Å²) in [5, 5.41) is 14.8. The van der Waals surface area contributed by atoms with Gasteiger partial charge >= 0.3 is 0 Å². The van der Waals surface area contributed by atoms with Gasteiger partial charge in [0, 0.05) is 61.2 Å². The van der Waals surface area contributed by atoms with Gasteiger partial charge in [-0.1, -0.05) is 6.07 Å². The zero-order valence-corrected chi connectivity index (χ0v) is 25.5. The van der Waals surface area contributed by atoms with E-state index in [-0.39, 0.29) is 11.9 Å². The van der Waals surface area contributed by atoms with Crippen LogP contribution in [-0.4, -0.2) is 72.5 Å². The lowest BCUT2D eigenvalue weighted by Crippen LogP contribution is -2.35. The van der Waals surface area contributed by atoms with Crippen molar-refractivity contribution in [1.29, 1.82) is 0 Å². The molecule has 2 aliphatic heterocycles. The number of hydrogen-bond donors (Lipinski definition) is 3. The molecule has 45 heavy (non-hydrogen) atoms. The van der Waals surface area contributed by atoms with E-state index in [0.717, 1.165) is 59.8 Å². The molecule has 0 unspecified atom stereocenters. The van der Waals surface area contributed by atoms with Crippen LogP contribution in [0.1, 0.15) is 60.0 Å². The highest BCUT2D eigenvalue weighted by Gasteiger charge is 2.31. The number of carbonyl (C=O) groups is 1. The number of ether oxygens (including phenoxy) is 1. The third-order valence-corrected chi connectivity index (χ3v) is 9.19. The number of halogens is 2. The second-order valence-electron chi connectivity index (χ2n) is 12.6. The van der Waals surface area contributed by atoms with Crippen molar-refractivity contribution in [2.75, 3.05) is 54.9 Å². The number of nitrogens with zero attached hydrogens (tertiary/aromatic N) is 3. The van der Waals surface area contributed by atoms with Gasteiger partial charge in [-0.25, -0.2) is 8.78 Å². The molecule has 3 aliphatic rings. The molecule has 10 heteroatoms. The maximum absolute atomic E-state index is 13.9. The molecule has 1 amide bonds. The standard InChI is InChI=1S/C35H40F2N6O2/c36-25-18-24(19-26(37)21-25)17-23-3-8-32-31(20-23)34(41-40-32)39-35(44)30-7-6-29(22-33(30)38-27-9-15-45-16-10-27)43(28-4-5-28)14-13-42-11-1-2-12-42/h3,6-8,18-22,27-28,38H,1-2,4-5,9-17H2,(H2,39,40,41,44). The van der Waals surface area contributed by atoms with Crippen molar-refractivity contribution >= 4 is 34.0 Å². The van der Waals surface area contributed by atoms with E-state index < -0.39 is 11.6 Å². The van der Waals surface area contributed by atoms with Gasteiger partial charge in [0.05, 0.1) is 11.1 Å². The number of carbonyl (C=O) groups excluding carboxylic acids is 1. The van der Waals surface area contributed by atoms with Crippen molar-refractivity contribution in [2.24, 2.45) is 0 Å². The van der Waals surface area contributed by atoms with E-state index in [0.29, 0.717) is 42.6 Å². The lowest BCUT2D eigenvalue weighted by atomic mass is 10.0. The highest BCUT2D eigenvalue weighted by atomic mass is 19.1. The van der Waals surface area contributed by atoms with Gasteiger partial charge in [0.1, 0.15) is 11.6 Å². The third kappa shape index (κ3) is 7.12. The number of rotatable bonds is 11. The summed E-state index contributed by atoms with van der Waals surface area (Å²) in [6, 6.07) is 16.1. The summed E-state index contributed by atoms with van der Waals surface area (Å²) < 4.78 is 33.1. The Labute approximate surface area is 262 Å². The number of fused-ring (bicyclic) bond motifs is 1. The predicted octanol–water partition coefficient (Wildman–Crippen LogP) is 6.34. The molecule has 3 aromatic carbocycles. The van der Waals surface area contributed by atoms with Gasteiger partial charge in [-0.2, -0.15) is 5.10 Å². The fourth-order valence-corrected chi connectivity index (χ4v) is 6.64. The van der Waals surface area contributed by atoms with E-state index in [1.165, 1.54) is 50.9 Å². The van der Waals surface area contributed by atoms with Crippen molar-refractivity contribution < 1.29 is 18.3 Å². The van der Waals surface area contributed by atoms with E-state index >= 15 is 0 Å². The minimum absolute atomic E-state index is 0.223. The van der Waals surface area contributed by atoms with E-state index in [1.54, 1.807) is 0 Å². The molecule has 1 aromatic heterocycles. The molecule has 1 aliphatic carbocycles. The molecule has 3 fully saturated rings. The Kier molecular flexibility index (Phi) is 8.67. The van der Waals surface area contributed by atoms with Gasteiger partial charge in [-0.05, 0) is 112 Å². The molecule has 0 radical (unpaired) electrons. The Bertz CT molecular complexity index is 1640. The Hall–Kier alpha value is -4.02. The summed E-state index contributed by atoms with van der Waals surface area (Å²) >= 11 is 0. The Morgan fingerprint density at radius 1 is 0.956 bits per heavy atom. The fraction of sp³-hybridized carbons (Fsp3) is 0.429. The molecule has 7 rings (SSSR count). The average Bonchev–Trinajstić information content (AvgIpc) is 3.58. The van der Waals surface area contributed by atoms with Gasteiger partial charge in [0.2, 0.25) is 0 Å². The summed E-state index contributed by atoms with van der Waals surface area (Å²) in [4.78, 5) is 18.9. The van der Waals surface area contributed by atoms with Crippen LogP contribution < -0.4 is 15.5 Å². The van der Waals surface area contributed by atoms with Gasteiger partial charge in [-0.15, -0.1) is 0 Å². The largest absolute Gasteiger partial charge is 0.381 e. The fourth-order valence-electron chi connectivity index (χ4n) is 6.64. The SMILES string of the molecule is O=C(Nc1n[nH]c2ccc(Cc3cc(F)cc(F)c3)cc12)c1ccc(N(CCN2CCCC2)C2CC2)cc1NC1CCOCC1. The first-order valence-corrected chi connectivity index (χ1v) is 16.2. The molecule has 4 aromatic rings. The van der Waals surface area contributed by atoms with E-state index in [1.807, 2.05) is 24.3 Å². The van der Waals surface area contributed by atoms with Crippen LogP contribution in [0.25, 0.3) is 10.9 Å². The molecule has 8 nitrogen and oxygen atoms in total. The van der Waals surface area contributed by atoms with Crippen LogP contribution in [0.3, 0.4) is 0 Å². The molecular formula is C35H40F2N6O2. The number of aromatic nitrogens is 2. The van der Waals surface area contributed by atoms with Crippen LogP contribution in [0, 0.1) is 11.6 Å². The number of nitrogens with one attached hydrogen (secondary N) is 3. The van der Waals surface area contributed by atoms with E-state index in [9.17, 15) is 13.6 Å². The van der Waals surface area contributed by atoms with Crippen LogP contribution in [0.4, 0.5) is 26.0 Å². The Morgan fingerprint density at radius 3 is 2.49 bits per heavy atom. The zero-order valence-electron chi connectivity index (χ0n) is 25.5. The van der Waals surface area contributed by atoms with Crippen molar-refractivity contribution in [2.45, 2.75) is 57.0 Å². The zero-order chi connectivity index (χ0) is 30.8. The van der Waals surface area contributed by atoms with Crippen LogP contribution in [0.5, 0.6) is 0 Å². The van der Waals surface area contributed by atoms with Crippen molar-refractivity contribution in [3.8, 4) is 0 Å². The first kappa shape index (κ1) is 29.7. The molecule has 0 spiro atoms. The van der Waals surface area contributed by atoms with Crippen molar-refractivity contribution in [3.63, 3.8) is 0 Å². The highest BCUT2D eigenvalue weighted by Crippen LogP contribution is 2.35. The lowest BCUT2D eigenvalue weighted by molar-refractivity contribution is 0.0904. The second kappa shape index (κ2) is 13.1. The van der Waals surface area contributed by atoms with Crippen LogP contribution in [-0.2, 0) is 11.2 Å². The summed E-state index contributed by atoms with van der Waals surface area (Å²) in [5.74, 6) is -1.05. The minimum Gasteiger partial charge on any atom is -0.381 e. The number of benzene rings is 3. The monoisotopic (exact) mass is 614 g/mol. The summed E-state index contributed by atoms with van der Waals surface area (Å²) in [7, 11) is 0. The first-order valence-electron chi connectivity index (χ1n) is 16.2. The smallest absolute Gasteiger partial charge is 0.258 e. The van der Waals surface area contributed by atoms with E-state index in [4.69, 9.17) is 4.74 Å². The summed E-state index contributed by atoms with van der Waals surface area (Å²) in [5.41, 5.74) is 4.66. The quantitative estimate of drug-likeness (QED) is 0.183. The Balaban J connectivity index is 1.13. The van der Waals surface area contributed by atoms with Crippen LogP contribution >= 0.6 is 0 Å². The van der Waals surface area contributed by atoms with Crippen molar-refractivity contribution in [1.82, 2.24) is 15.1 Å². The minimum atomic E-state index is -0.606. The number of amides is 1. The van der Waals surface area contributed by atoms with Gasteiger partial charge in [-0.3, -0.25) is 9.89 Å². The first-order chi connectivity index (χ1) is 22.0. The van der Waals surface area contributed by atoms with Crippen LogP contribution in [0.15, 0.2) is 54.6 Å². The number of H-pyrrole nitrogens is 1. The number of aromatic amines is 1. The summed E-state index contributed by atoms with van der Waals surface area (Å²) in [6.45, 7) is 5.81. The van der Waals surface area contributed by atoms with E-state index in [2.05, 4.69) is 42.8 Å². The molecule has 3 heterocycles. The predicted molar refractivity (Wildman–Crippen MR) is 173 cm³/mol. The molecule has 3 N–H and O–H groups in total. The van der Waals surface area contributed by atoms with Gasteiger partial charge < -0.3 is 25.2 Å². The average molecular weight is 615 g/mol. The molecule has 2 saturated heterocycles. The third-order valence-electron chi connectivity index (χ3n) is 9.19. The maximum Gasteiger partial charge on any atom is 0.258 e. The second-order valence-corrected chi connectivity index (χ2v) is 12.6. The lowest BCUT2D eigenvalue weighted by Gasteiger charge is -2.29. The number of hydrogen-bond acceptors (Lipinski definition) is 6. The molecule has 1 saturated carbocycles. The van der Waals surface area contributed by atoms with Gasteiger partial charge in [0.15, 0.2) is 5.82 Å². The molecular weight excluding hydrogens is 574 g/mol. The summed E-state index contributed by atoms with van der Waals surface area (Å²) in [6.07, 6.45) is 7.08. The van der Waals surface area contributed by atoms with Crippen molar-refractivity contribution in [3.05, 3.63) is 82.9 Å². The van der Waals surface area contributed by atoms with Crippen LogP contribution in [0.2, 0.25) is 0 Å². The molecule has 0 atom stereocenters. The highest BCUT2D eigenvalue weighted by molar-refractivity contribution is 6.11. The number of anilines is 3. The Morgan fingerprint density at radius 2 is 1.73 bits per heavy atom. The normalized spacial score (nSPS) is 17.6. The molecule has 236 valence electrons. The topological polar surface area (TPSA) is 85.5 Å². The molecule has 0 bridgehead atoms.